The lowest BCUT2D eigenvalue weighted by Crippen LogP contribution is -2.48. The average molecular weight is 418 g/mol. The van der Waals surface area contributed by atoms with Gasteiger partial charge in [-0.2, -0.15) is 0 Å². The van der Waals surface area contributed by atoms with Gasteiger partial charge >= 0.3 is 0 Å². The van der Waals surface area contributed by atoms with Crippen LogP contribution in [0.4, 0.5) is 0 Å². The highest BCUT2D eigenvalue weighted by molar-refractivity contribution is 5.93. The molecule has 2 saturated heterocycles. The van der Waals surface area contributed by atoms with Gasteiger partial charge < -0.3 is 19.1 Å². The summed E-state index contributed by atoms with van der Waals surface area (Å²) in [7, 11) is 0. The molecule has 1 aromatic carbocycles. The summed E-state index contributed by atoms with van der Waals surface area (Å²) in [6.07, 6.45) is 6.63. The minimum atomic E-state index is -0.634. The molecule has 2 fully saturated rings. The summed E-state index contributed by atoms with van der Waals surface area (Å²) in [5.74, 6) is -0.690. The Bertz CT molecular complexity index is 1070. The topological polar surface area (TPSA) is 54.8 Å². The van der Waals surface area contributed by atoms with Crippen molar-refractivity contribution in [3.05, 3.63) is 71.6 Å². The first-order valence-corrected chi connectivity index (χ1v) is 11.2. The van der Waals surface area contributed by atoms with Gasteiger partial charge in [0.25, 0.3) is 0 Å². The van der Waals surface area contributed by atoms with Crippen molar-refractivity contribution < 1.29 is 14.3 Å². The van der Waals surface area contributed by atoms with E-state index < -0.39 is 17.4 Å². The van der Waals surface area contributed by atoms with E-state index in [1.807, 2.05) is 28.0 Å². The van der Waals surface area contributed by atoms with Gasteiger partial charge in [-0.3, -0.25) is 9.59 Å². The maximum Gasteiger partial charge on any atom is 0.230 e. The van der Waals surface area contributed by atoms with Crippen LogP contribution in [0.25, 0.3) is 0 Å². The zero-order valence-corrected chi connectivity index (χ0v) is 17.7. The summed E-state index contributed by atoms with van der Waals surface area (Å²) < 4.78 is 8.50. The highest BCUT2D eigenvalue weighted by Gasteiger charge is 2.67. The standard InChI is InChI=1S/C25H27N3O3/c1-17-4-6-18(7-5-17)9-12-28-16-25-10-8-20(31-25)21(22(25)24(28)30)23(29)27-14-13-26-11-2-3-19(26)15-27/h2-8,10-11,20-22H,9,12-16H2,1H3/t20-,21?,22?,25-/m1/s1. The van der Waals surface area contributed by atoms with Gasteiger partial charge in [-0.05, 0) is 31.0 Å². The number of amides is 2. The van der Waals surface area contributed by atoms with Gasteiger partial charge in [0.2, 0.25) is 11.8 Å². The van der Waals surface area contributed by atoms with Crippen LogP contribution in [0.2, 0.25) is 0 Å². The van der Waals surface area contributed by atoms with E-state index in [1.54, 1.807) is 0 Å². The van der Waals surface area contributed by atoms with Gasteiger partial charge in [0.1, 0.15) is 5.60 Å². The summed E-state index contributed by atoms with van der Waals surface area (Å²) in [6.45, 7) is 5.35. The van der Waals surface area contributed by atoms with Crippen LogP contribution in [0.1, 0.15) is 16.8 Å². The van der Waals surface area contributed by atoms with Crippen LogP contribution in [0.15, 0.2) is 54.7 Å². The lowest BCUT2D eigenvalue weighted by Gasteiger charge is -2.33. The Morgan fingerprint density at radius 2 is 2.03 bits per heavy atom. The number of aryl methyl sites for hydroxylation is 1. The number of likely N-dealkylation sites (tertiary alicyclic amines) is 1. The van der Waals surface area contributed by atoms with Gasteiger partial charge in [0.15, 0.2) is 0 Å². The van der Waals surface area contributed by atoms with Crippen LogP contribution in [0.5, 0.6) is 0 Å². The number of benzene rings is 1. The smallest absolute Gasteiger partial charge is 0.230 e. The minimum Gasteiger partial charge on any atom is -0.360 e. The molecule has 0 aliphatic carbocycles. The van der Waals surface area contributed by atoms with Crippen LogP contribution in [0.3, 0.4) is 0 Å². The molecular weight excluding hydrogens is 390 g/mol. The third-order valence-electron chi connectivity index (χ3n) is 7.45. The van der Waals surface area contributed by atoms with Crippen LogP contribution in [0, 0.1) is 18.8 Å². The van der Waals surface area contributed by atoms with Crippen LogP contribution >= 0.6 is 0 Å². The van der Waals surface area contributed by atoms with E-state index in [2.05, 4.69) is 48.0 Å². The first-order valence-electron chi connectivity index (χ1n) is 11.2. The monoisotopic (exact) mass is 417 g/mol. The van der Waals surface area contributed by atoms with Crippen LogP contribution in [-0.2, 0) is 33.8 Å². The van der Waals surface area contributed by atoms with Crippen molar-refractivity contribution in [3.8, 4) is 0 Å². The van der Waals surface area contributed by atoms with E-state index in [9.17, 15) is 9.59 Å². The second kappa shape index (κ2) is 6.82. The van der Waals surface area contributed by atoms with Crippen molar-refractivity contribution in [1.29, 1.82) is 0 Å². The lowest BCUT2D eigenvalue weighted by atomic mass is 9.76. The maximum absolute atomic E-state index is 13.6. The number of aromatic nitrogens is 1. The maximum atomic E-state index is 13.6. The fourth-order valence-electron chi connectivity index (χ4n) is 5.78. The number of carbonyl (C=O) groups excluding carboxylic acids is 2. The minimum absolute atomic E-state index is 0.0578. The second-order valence-electron chi connectivity index (χ2n) is 9.35. The molecule has 6 rings (SSSR count). The Hall–Kier alpha value is -2.86. The Morgan fingerprint density at radius 3 is 2.87 bits per heavy atom. The number of ether oxygens (including phenoxy) is 1. The van der Waals surface area contributed by atoms with Crippen molar-refractivity contribution in [2.45, 2.75) is 38.1 Å². The van der Waals surface area contributed by atoms with E-state index in [1.165, 1.54) is 11.1 Å². The van der Waals surface area contributed by atoms with E-state index in [0.717, 1.165) is 18.7 Å². The molecule has 4 aliphatic rings. The van der Waals surface area contributed by atoms with E-state index in [-0.39, 0.29) is 17.9 Å². The third kappa shape index (κ3) is 2.88. The van der Waals surface area contributed by atoms with E-state index in [4.69, 9.17) is 4.74 Å². The lowest BCUT2D eigenvalue weighted by molar-refractivity contribution is -0.144. The quantitative estimate of drug-likeness (QED) is 0.717. The van der Waals surface area contributed by atoms with Gasteiger partial charge in [0, 0.05) is 31.5 Å². The fraction of sp³-hybridized carbons (Fsp3) is 0.440. The SMILES string of the molecule is Cc1ccc(CCN2C[C@@]34C=C[C@@H](O3)C(C(=O)N3CCn5cccc5C3)C4C2=O)cc1. The summed E-state index contributed by atoms with van der Waals surface area (Å²) in [6, 6.07) is 12.5. The number of hydrogen-bond donors (Lipinski definition) is 0. The molecular formula is C25H27N3O3. The Kier molecular flexibility index (Phi) is 4.15. The first-order chi connectivity index (χ1) is 15.0. The van der Waals surface area contributed by atoms with Crippen molar-refractivity contribution >= 4 is 11.8 Å². The van der Waals surface area contributed by atoms with Crippen LogP contribution < -0.4 is 0 Å². The van der Waals surface area contributed by atoms with Crippen molar-refractivity contribution in [1.82, 2.24) is 14.4 Å². The molecule has 1 aromatic heterocycles. The van der Waals surface area contributed by atoms with Crippen molar-refractivity contribution in [2.75, 3.05) is 19.6 Å². The summed E-state index contributed by atoms with van der Waals surface area (Å²) in [5.41, 5.74) is 2.96. The first kappa shape index (κ1) is 18.9. The summed E-state index contributed by atoms with van der Waals surface area (Å²) >= 11 is 0. The molecule has 2 amide bonds. The molecule has 0 N–H and O–H groups in total. The predicted molar refractivity (Wildman–Crippen MR) is 115 cm³/mol. The van der Waals surface area contributed by atoms with Gasteiger partial charge in [-0.1, -0.05) is 42.0 Å². The summed E-state index contributed by atoms with van der Waals surface area (Å²) in [5, 5.41) is 0. The number of nitrogens with zero attached hydrogens (tertiary/aromatic N) is 3. The van der Waals surface area contributed by atoms with E-state index >= 15 is 0 Å². The molecule has 5 heterocycles. The highest BCUT2D eigenvalue weighted by Crippen LogP contribution is 2.52. The molecule has 160 valence electrons. The molecule has 0 radical (unpaired) electrons. The zero-order chi connectivity index (χ0) is 21.2. The molecule has 2 bridgehead atoms. The normalized spacial score (nSPS) is 30.7. The third-order valence-corrected chi connectivity index (χ3v) is 7.45. The molecule has 6 heteroatoms. The van der Waals surface area contributed by atoms with Gasteiger partial charge in [-0.25, -0.2) is 0 Å². The van der Waals surface area contributed by atoms with Gasteiger partial charge in [-0.15, -0.1) is 0 Å². The molecule has 1 spiro atoms. The molecule has 2 unspecified atom stereocenters. The highest BCUT2D eigenvalue weighted by atomic mass is 16.5. The summed E-state index contributed by atoms with van der Waals surface area (Å²) in [4.78, 5) is 30.8. The Labute approximate surface area is 182 Å². The largest absolute Gasteiger partial charge is 0.360 e. The molecule has 0 saturated carbocycles. The molecule has 2 aromatic rings. The fourth-order valence-corrected chi connectivity index (χ4v) is 5.78. The van der Waals surface area contributed by atoms with Gasteiger partial charge in [0.05, 0.1) is 31.0 Å². The Morgan fingerprint density at radius 1 is 1.19 bits per heavy atom. The number of carbonyl (C=O) groups is 2. The molecule has 31 heavy (non-hydrogen) atoms. The van der Waals surface area contributed by atoms with Crippen molar-refractivity contribution in [2.24, 2.45) is 11.8 Å². The second-order valence-corrected chi connectivity index (χ2v) is 9.35. The average Bonchev–Trinajstić information content (AvgIpc) is 3.53. The number of fused-ring (bicyclic) bond motifs is 2. The molecule has 6 nitrogen and oxygen atoms in total. The zero-order valence-electron chi connectivity index (χ0n) is 17.7. The predicted octanol–water partition coefficient (Wildman–Crippen LogP) is 2.16. The van der Waals surface area contributed by atoms with E-state index in [0.29, 0.717) is 26.2 Å². The molecule has 4 aliphatic heterocycles. The number of hydrogen-bond acceptors (Lipinski definition) is 3. The number of rotatable bonds is 4. The van der Waals surface area contributed by atoms with Crippen molar-refractivity contribution in [3.63, 3.8) is 0 Å². The van der Waals surface area contributed by atoms with Crippen LogP contribution in [-0.4, -0.2) is 57.5 Å². The molecule has 4 atom stereocenters. The Balaban J connectivity index is 1.20.